The minimum Gasteiger partial charge on any atom is -0.481 e. The normalized spacial score (nSPS) is 17.3. The van der Waals surface area contributed by atoms with Crippen LogP contribution in [-0.4, -0.2) is 30.2 Å². The van der Waals surface area contributed by atoms with Gasteiger partial charge in [0.1, 0.15) is 0 Å². The third kappa shape index (κ3) is 3.42. The number of nitrogens with one attached hydrogen (secondary N) is 2. The Balaban J connectivity index is 2.20. The van der Waals surface area contributed by atoms with Gasteiger partial charge < -0.3 is 15.7 Å². The second-order valence-corrected chi connectivity index (χ2v) is 4.54. The maximum Gasteiger partial charge on any atom is 0.314 e. The summed E-state index contributed by atoms with van der Waals surface area (Å²) >= 11 is 0. The van der Waals surface area contributed by atoms with Crippen LogP contribution in [0.3, 0.4) is 0 Å². The van der Waals surface area contributed by atoms with Gasteiger partial charge >= 0.3 is 12.0 Å². The van der Waals surface area contributed by atoms with Crippen molar-refractivity contribution < 1.29 is 14.7 Å². The highest BCUT2D eigenvalue weighted by Crippen LogP contribution is 2.45. The van der Waals surface area contributed by atoms with Crippen molar-refractivity contribution in [3.05, 3.63) is 0 Å². The smallest absolute Gasteiger partial charge is 0.314 e. The first-order chi connectivity index (χ1) is 6.96. The predicted molar refractivity (Wildman–Crippen MR) is 55.5 cm³/mol. The SMILES string of the molecule is CC(C)CNC(=O)NCC1(C(=O)O)CC1. The van der Waals surface area contributed by atoms with Crippen molar-refractivity contribution in [2.45, 2.75) is 26.7 Å². The molecule has 0 aromatic heterocycles. The fourth-order valence-electron chi connectivity index (χ4n) is 1.23. The van der Waals surface area contributed by atoms with Crippen LogP contribution in [0.2, 0.25) is 0 Å². The zero-order chi connectivity index (χ0) is 11.5. The van der Waals surface area contributed by atoms with Crippen molar-refractivity contribution in [2.24, 2.45) is 11.3 Å². The highest BCUT2D eigenvalue weighted by molar-refractivity contribution is 5.80. The molecule has 1 saturated carbocycles. The van der Waals surface area contributed by atoms with Crippen LogP contribution >= 0.6 is 0 Å². The molecule has 0 aromatic rings. The summed E-state index contributed by atoms with van der Waals surface area (Å²) in [6.45, 7) is 4.83. The summed E-state index contributed by atoms with van der Waals surface area (Å²) in [7, 11) is 0. The Bertz CT molecular complexity index is 259. The van der Waals surface area contributed by atoms with Crippen molar-refractivity contribution in [3.63, 3.8) is 0 Å². The zero-order valence-electron chi connectivity index (χ0n) is 9.17. The van der Waals surface area contributed by atoms with Gasteiger partial charge in [0.05, 0.1) is 5.41 Å². The van der Waals surface area contributed by atoms with Crippen LogP contribution in [0.5, 0.6) is 0 Å². The first kappa shape index (κ1) is 11.8. The molecule has 5 nitrogen and oxygen atoms in total. The number of carboxylic acids is 1. The van der Waals surface area contributed by atoms with Crippen molar-refractivity contribution in [2.75, 3.05) is 13.1 Å². The van der Waals surface area contributed by atoms with E-state index in [9.17, 15) is 9.59 Å². The van der Waals surface area contributed by atoms with E-state index in [1.54, 1.807) is 0 Å². The molecule has 0 heterocycles. The van der Waals surface area contributed by atoms with E-state index in [4.69, 9.17) is 5.11 Å². The van der Waals surface area contributed by atoms with E-state index in [1.165, 1.54) is 0 Å². The highest BCUT2D eigenvalue weighted by Gasteiger charge is 2.50. The first-order valence-electron chi connectivity index (χ1n) is 5.21. The second-order valence-electron chi connectivity index (χ2n) is 4.54. The molecule has 0 aromatic carbocycles. The van der Waals surface area contributed by atoms with E-state index in [-0.39, 0.29) is 12.6 Å². The van der Waals surface area contributed by atoms with Gasteiger partial charge in [-0.15, -0.1) is 0 Å². The third-order valence-electron chi connectivity index (χ3n) is 2.57. The number of amides is 2. The Hall–Kier alpha value is -1.26. The monoisotopic (exact) mass is 214 g/mol. The van der Waals surface area contributed by atoms with E-state index in [0.29, 0.717) is 25.3 Å². The Morgan fingerprint density at radius 3 is 2.33 bits per heavy atom. The molecule has 0 saturated heterocycles. The second kappa shape index (κ2) is 4.51. The molecule has 86 valence electrons. The fourth-order valence-corrected chi connectivity index (χ4v) is 1.23. The molecule has 0 spiro atoms. The fraction of sp³-hybridized carbons (Fsp3) is 0.800. The molecule has 1 rings (SSSR count). The van der Waals surface area contributed by atoms with E-state index < -0.39 is 11.4 Å². The average molecular weight is 214 g/mol. The van der Waals surface area contributed by atoms with Crippen molar-refractivity contribution >= 4 is 12.0 Å². The van der Waals surface area contributed by atoms with E-state index in [0.717, 1.165) is 0 Å². The molecule has 0 aliphatic heterocycles. The summed E-state index contributed by atoms with van der Waals surface area (Å²) in [5.74, 6) is -0.420. The summed E-state index contributed by atoms with van der Waals surface area (Å²) in [5, 5.41) is 14.1. The number of aliphatic carboxylic acids is 1. The molecule has 2 amide bonds. The molecule has 15 heavy (non-hydrogen) atoms. The van der Waals surface area contributed by atoms with Crippen LogP contribution < -0.4 is 10.6 Å². The third-order valence-corrected chi connectivity index (χ3v) is 2.57. The minimum atomic E-state index is -0.813. The Morgan fingerprint density at radius 1 is 1.33 bits per heavy atom. The molecule has 0 atom stereocenters. The lowest BCUT2D eigenvalue weighted by Crippen LogP contribution is -2.41. The van der Waals surface area contributed by atoms with Gasteiger partial charge in [0.2, 0.25) is 0 Å². The van der Waals surface area contributed by atoms with Crippen molar-refractivity contribution in [3.8, 4) is 0 Å². The molecular formula is C10H18N2O3. The minimum absolute atomic E-state index is 0.228. The zero-order valence-corrected chi connectivity index (χ0v) is 9.17. The molecule has 1 aliphatic carbocycles. The molecule has 0 radical (unpaired) electrons. The summed E-state index contributed by atoms with van der Waals surface area (Å²) in [6.07, 6.45) is 1.32. The number of rotatable bonds is 5. The van der Waals surface area contributed by atoms with Gasteiger partial charge in [0, 0.05) is 13.1 Å². The number of hydrogen-bond donors (Lipinski definition) is 3. The first-order valence-corrected chi connectivity index (χ1v) is 5.21. The van der Waals surface area contributed by atoms with E-state index in [2.05, 4.69) is 10.6 Å². The van der Waals surface area contributed by atoms with Crippen LogP contribution in [0, 0.1) is 11.3 Å². The van der Waals surface area contributed by atoms with Crippen LogP contribution in [0.4, 0.5) is 4.79 Å². The van der Waals surface area contributed by atoms with Crippen LogP contribution in [0.25, 0.3) is 0 Å². The Morgan fingerprint density at radius 2 is 1.93 bits per heavy atom. The Labute approximate surface area is 89.2 Å². The van der Waals surface area contributed by atoms with Crippen LogP contribution in [-0.2, 0) is 4.79 Å². The van der Waals surface area contributed by atoms with Crippen molar-refractivity contribution in [1.29, 1.82) is 0 Å². The van der Waals surface area contributed by atoms with Gasteiger partial charge in [-0.1, -0.05) is 13.8 Å². The van der Waals surface area contributed by atoms with Gasteiger partial charge in [-0.3, -0.25) is 4.79 Å². The number of carboxylic acid groups (broad SMARTS) is 1. The lowest BCUT2D eigenvalue weighted by atomic mass is 10.1. The van der Waals surface area contributed by atoms with Crippen LogP contribution in [0.1, 0.15) is 26.7 Å². The maximum absolute atomic E-state index is 11.2. The Kier molecular flexibility index (Phi) is 3.55. The lowest BCUT2D eigenvalue weighted by Gasteiger charge is -2.12. The molecule has 1 aliphatic rings. The molecule has 0 bridgehead atoms. The van der Waals surface area contributed by atoms with Crippen LogP contribution in [0.15, 0.2) is 0 Å². The summed E-state index contributed by atoms with van der Waals surface area (Å²) < 4.78 is 0. The van der Waals surface area contributed by atoms with Gasteiger partial charge in [0.25, 0.3) is 0 Å². The summed E-state index contributed by atoms with van der Waals surface area (Å²) in [6, 6.07) is -0.281. The molecule has 5 heteroatoms. The number of urea groups is 1. The largest absolute Gasteiger partial charge is 0.481 e. The van der Waals surface area contributed by atoms with E-state index in [1.807, 2.05) is 13.8 Å². The number of carbonyl (C=O) groups is 2. The van der Waals surface area contributed by atoms with E-state index >= 15 is 0 Å². The van der Waals surface area contributed by atoms with Crippen molar-refractivity contribution in [1.82, 2.24) is 10.6 Å². The topological polar surface area (TPSA) is 78.4 Å². The van der Waals surface area contributed by atoms with Gasteiger partial charge in [-0.25, -0.2) is 4.79 Å². The highest BCUT2D eigenvalue weighted by atomic mass is 16.4. The number of carbonyl (C=O) groups excluding carboxylic acids is 1. The standard InChI is InChI=1S/C10H18N2O3/c1-7(2)5-11-9(15)12-6-10(3-4-10)8(13)14/h7H,3-6H2,1-2H3,(H,13,14)(H2,11,12,15). The average Bonchev–Trinajstić information content (AvgIpc) is 2.92. The molecule has 0 unspecified atom stereocenters. The maximum atomic E-state index is 11.2. The quantitative estimate of drug-likeness (QED) is 0.633. The van der Waals surface area contributed by atoms with Gasteiger partial charge in [-0.05, 0) is 18.8 Å². The van der Waals surface area contributed by atoms with Gasteiger partial charge in [-0.2, -0.15) is 0 Å². The van der Waals surface area contributed by atoms with Gasteiger partial charge in [0.15, 0.2) is 0 Å². The predicted octanol–water partition coefficient (Wildman–Crippen LogP) is 0.806. The lowest BCUT2D eigenvalue weighted by molar-refractivity contribution is -0.143. The summed E-state index contributed by atoms with van der Waals surface area (Å²) in [5.41, 5.74) is -0.685. The molecule has 1 fully saturated rings. The number of hydrogen-bond acceptors (Lipinski definition) is 2. The summed E-state index contributed by atoms with van der Waals surface area (Å²) in [4.78, 5) is 22.0. The molecular weight excluding hydrogens is 196 g/mol. The molecule has 3 N–H and O–H groups in total.